The van der Waals surface area contributed by atoms with Crippen LogP contribution in [0.25, 0.3) is 0 Å². The van der Waals surface area contributed by atoms with Gasteiger partial charge in [-0.2, -0.15) is 0 Å². The highest BCUT2D eigenvalue weighted by molar-refractivity contribution is 7.47. The number of phosphoric ester groups is 1. The van der Waals surface area contributed by atoms with Crippen molar-refractivity contribution in [2.75, 3.05) is 26.4 Å². The molecule has 18 atom stereocenters. The highest BCUT2D eigenvalue weighted by Gasteiger charge is 2.60. The van der Waals surface area contributed by atoms with Gasteiger partial charge in [-0.3, -0.25) is 28.2 Å². The smallest absolute Gasteiger partial charge is 0.463 e. The number of aliphatic hydroxyl groups is 9. The van der Waals surface area contributed by atoms with E-state index in [-0.39, 0.29) is 25.7 Å². The van der Waals surface area contributed by atoms with Crippen molar-refractivity contribution >= 4 is 31.7 Å². The van der Waals surface area contributed by atoms with Crippen molar-refractivity contribution in [3.63, 3.8) is 0 Å². The van der Waals surface area contributed by atoms with Crippen LogP contribution < -0.4 is 0 Å². The number of rotatable bonds is 81. The second kappa shape index (κ2) is 74.0. The Labute approximate surface area is 731 Å². The third-order valence-corrected chi connectivity index (χ3v) is 25.3. The Kier molecular flexibility index (Phi) is 68.8. The summed E-state index contributed by atoms with van der Waals surface area (Å²) in [7, 11) is -5.81. The summed E-state index contributed by atoms with van der Waals surface area (Å²) in [4.78, 5) is 66.6. The molecule has 121 heavy (non-hydrogen) atoms. The molecule has 10 N–H and O–H groups in total. The zero-order valence-corrected chi connectivity index (χ0v) is 77.0. The predicted molar refractivity (Wildman–Crippen MR) is 472 cm³/mol. The lowest BCUT2D eigenvalue weighted by atomic mass is 9.84. The number of carbonyl (C=O) groups is 4. The van der Waals surface area contributed by atoms with Gasteiger partial charge in [0.15, 0.2) is 24.8 Å². The molecule has 2 saturated heterocycles. The second-order valence-corrected chi connectivity index (χ2v) is 36.7. The normalized spacial score (nSPS) is 24.6. The molecule has 3 fully saturated rings. The van der Waals surface area contributed by atoms with Gasteiger partial charge in [-0.25, -0.2) is 4.57 Å². The van der Waals surface area contributed by atoms with Crippen molar-refractivity contribution in [1.29, 1.82) is 0 Å². The molecule has 0 bridgehead atoms. The highest BCUT2D eigenvalue weighted by atomic mass is 31.2. The molecule has 2 aliphatic heterocycles. The molecule has 0 aromatic heterocycles. The van der Waals surface area contributed by atoms with Crippen molar-refractivity contribution in [2.24, 2.45) is 0 Å². The van der Waals surface area contributed by atoms with Gasteiger partial charge in [0.1, 0.15) is 92.6 Å². The summed E-state index contributed by atoms with van der Waals surface area (Å²) in [5.74, 6) is -2.95. The van der Waals surface area contributed by atoms with Crippen LogP contribution in [0.5, 0.6) is 0 Å². The van der Waals surface area contributed by atoms with Crippen LogP contribution in [-0.2, 0) is 70.7 Å². The van der Waals surface area contributed by atoms with E-state index in [9.17, 15) is 74.6 Å². The first kappa shape index (κ1) is 112. The highest BCUT2D eigenvalue weighted by Crippen LogP contribution is 2.49. The zero-order chi connectivity index (χ0) is 88.2. The SMILES string of the molecule is CCCCCC/C=C\CCCCCCCCCC(=O)OCC(COP(=O)(O)OC1C(OC2OC(CO)C(O)C(O)C2O)C(O)C(O)C(OC(=O)CCCCCCCCCCCCCCCCCC)C1OC1OC(COC(=O)CCCCCCCCCCCCCCCCC)C(O)C(O)C1O)OC(=O)CCCCCCCCCCCCCCCCCC. The predicted octanol–water partition coefficient (Wildman–Crippen LogP) is 19.1. The molecule has 0 amide bonds. The first-order valence-electron chi connectivity index (χ1n) is 49.4. The molecule has 1 aliphatic carbocycles. The minimum absolute atomic E-state index is 0.0192. The van der Waals surface area contributed by atoms with Gasteiger partial charge in [-0.05, 0) is 51.4 Å². The van der Waals surface area contributed by atoms with Gasteiger partial charge in [-0.1, -0.05) is 374 Å². The summed E-state index contributed by atoms with van der Waals surface area (Å²) < 4.78 is 73.6. The average Bonchev–Trinajstić information content (AvgIpc) is 0.754. The summed E-state index contributed by atoms with van der Waals surface area (Å²) in [6.07, 6.45) is 34.5. The number of ether oxygens (including phenoxy) is 8. The van der Waals surface area contributed by atoms with E-state index in [2.05, 4.69) is 39.8 Å². The van der Waals surface area contributed by atoms with Crippen molar-refractivity contribution < 1.29 is 122 Å². The monoisotopic (exact) mass is 1750 g/mol. The van der Waals surface area contributed by atoms with Crippen LogP contribution in [0.15, 0.2) is 12.2 Å². The van der Waals surface area contributed by atoms with Gasteiger partial charge in [0.05, 0.1) is 13.2 Å². The molecule has 3 rings (SSSR count). The maximum Gasteiger partial charge on any atom is 0.472 e. The summed E-state index contributed by atoms with van der Waals surface area (Å²) in [6, 6.07) is 0. The van der Waals surface area contributed by atoms with Crippen LogP contribution in [0.2, 0.25) is 0 Å². The van der Waals surface area contributed by atoms with Crippen LogP contribution in [-0.4, -0.2) is 205 Å². The van der Waals surface area contributed by atoms with E-state index in [4.69, 9.17) is 46.9 Å². The van der Waals surface area contributed by atoms with Crippen LogP contribution in [0.1, 0.15) is 439 Å². The number of esters is 4. The first-order chi connectivity index (χ1) is 58.7. The largest absolute Gasteiger partial charge is 0.472 e. The van der Waals surface area contributed by atoms with Crippen molar-refractivity contribution in [1.82, 2.24) is 0 Å². The number of allylic oxidation sites excluding steroid dienone is 2. The van der Waals surface area contributed by atoms with E-state index >= 15 is 0 Å². The molecule has 25 nitrogen and oxygen atoms in total. The fourth-order valence-electron chi connectivity index (χ4n) is 16.4. The van der Waals surface area contributed by atoms with E-state index in [1.165, 1.54) is 205 Å². The van der Waals surface area contributed by atoms with Gasteiger partial charge in [-0.15, -0.1) is 0 Å². The van der Waals surface area contributed by atoms with E-state index in [0.29, 0.717) is 32.1 Å². The van der Waals surface area contributed by atoms with Crippen molar-refractivity contribution in [3.8, 4) is 0 Å². The fourth-order valence-corrected chi connectivity index (χ4v) is 17.4. The lowest BCUT2D eigenvalue weighted by Gasteiger charge is -2.50. The molecule has 0 aromatic carbocycles. The van der Waals surface area contributed by atoms with Gasteiger partial charge < -0.3 is 88.7 Å². The lowest BCUT2D eigenvalue weighted by Crippen LogP contribution is -2.70. The maximum absolute atomic E-state index is 14.9. The molecule has 1 saturated carbocycles. The lowest BCUT2D eigenvalue weighted by molar-refractivity contribution is -0.360. The summed E-state index contributed by atoms with van der Waals surface area (Å²) in [6.45, 7) is 5.64. The molecule has 0 aromatic rings. The standard InChI is InChI=1S/C95H177O25P/c1-5-9-13-17-21-25-29-33-37-41-45-49-53-57-61-65-69-80(99)114-75(72-111-78(97)67-63-59-55-51-47-43-39-35-31-27-23-19-15-11-7-3)73-113-121(109,110)120-93-91(118-94-88(107)84(103)82(101)76(71-96)115-94)87(106)86(105)90(117-81(100)70-66-62-58-54-50-46-42-38-34-30-26-22-18-14-10-6-2)92(93)119-95-89(108)85(104)83(102)77(116-95)74-112-79(98)68-64-60-56-52-48-44-40-36-32-28-24-20-16-12-8-4/h27,31,75-77,82-96,101-108H,5-26,28-30,32-74H2,1-4H3,(H,109,110)/b31-27-. The minimum Gasteiger partial charge on any atom is -0.463 e. The third-order valence-electron chi connectivity index (χ3n) is 24.3. The topological polar surface area (TPSA) is 380 Å². The average molecular weight is 1750 g/mol. The number of phosphoric acid groups is 1. The Bertz CT molecular complexity index is 2550. The molecule has 0 radical (unpaired) electrons. The molecule has 3 aliphatic rings. The van der Waals surface area contributed by atoms with Crippen LogP contribution in [0, 0.1) is 0 Å². The maximum atomic E-state index is 14.9. The molecule has 712 valence electrons. The minimum atomic E-state index is -5.81. The second-order valence-electron chi connectivity index (χ2n) is 35.3. The Hall–Kier alpha value is -2.79. The Morgan fingerprint density at radius 1 is 0.322 bits per heavy atom. The third kappa shape index (κ3) is 53.7. The summed E-state index contributed by atoms with van der Waals surface area (Å²) >= 11 is 0. The van der Waals surface area contributed by atoms with Crippen molar-refractivity contribution in [3.05, 3.63) is 12.2 Å². The Morgan fingerprint density at radius 3 is 0.992 bits per heavy atom. The van der Waals surface area contributed by atoms with Crippen LogP contribution >= 0.6 is 7.82 Å². The Balaban J connectivity index is 1.90. The van der Waals surface area contributed by atoms with Gasteiger partial charge >= 0.3 is 31.7 Å². The zero-order valence-electron chi connectivity index (χ0n) is 76.1. The van der Waals surface area contributed by atoms with E-state index in [0.717, 1.165) is 148 Å². The number of carbonyl (C=O) groups excluding carboxylic acids is 4. The van der Waals surface area contributed by atoms with Gasteiger partial charge in [0, 0.05) is 25.7 Å². The quantitative estimate of drug-likeness (QED) is 0.00889. The Morgan fingerprint density at radius 2 is 0.620 bits per heavy atom. The number of hydrogen-bond donors (Lipinski definition) is 10. The van der Waals surface area contributed by atoms with E-state index < -0.39 is 162 Å². The number of aliphatic hydroxyl groups excluding tert-OH is 9. The molecule has 2 heterocycles. The van der Waals surface area contributed by atoms with Crippen LogP contribution in [0.4, 0.5) is 0 Å². The summed E-state index contributed by atoms with van der Waals surface area (Å²) in [5.41, 5.74) is 0. The molecule has 18 unspecified atom stereocenters. The molecule has 0 spiro atoms. The van der Waals surface area contributed by atoms with Crippen LogP contribution in [0.3, 0.4) is 0 Å². The fraction of sp³-hybridized carbons (Fsp3) is 0.937. The number of unbranched alkanes of at least 4 members (excludes halogenated alkanes) is 55. The summed E-state index contributed by atoms with van der Waals surface area (Å²) in [5, 5.41) is 103. The molecular weight excluding hydrogens is 1570 g/mol. The molecular formula is C95H177O25P. The van der Waals surface area contributed by atoms with Gasteiger partial charge in [0.2, 0.25) is 0 Å². The first-order valence-corrected chi connectivity index (χ1v) is 50.9. The molecule has 26 heteroatoms. The van der Waals surface area contributed by atoms with E-state index in [1.54, 1.807) is 0 Å². The van der Waals surface area contributed by atoms with Gasteiger partial charge in [0.25, 0.3) is 0 Å². The van der Waals surface area contributed by atoms with Crippen molar-refractivity contribution in [2.45, 2.75) is 543 Å². The number of hydrogen-bond acceptors (Lipinski definition) is 24. The van der Waals surface area contributed by atoms with E-state index in [1.807, 2.05) is 0 Å².